The van der Waals surface area contributed by atoms with E-state index in [0.717, 1.165) is 12.8 Å². The van der Waals surface area contributed by atoms with Crippen molar-refractivity contribution in [2.24, 2.45) is 0 Å². The number of hydrogen-bond donors (Lipinski definition) is 1. The molecule has 0 aliphatic heterocycles. The summed E-state index contributed by atoms with van der Waals surface area (Å²) in [5.74, 6) is -0.136. The Labute approximate surface area is 153 Å². The lowest BCUT2D eigenvalue weighted by atomic mass is 10.1. The summed E-state index contributed by atoms with van der Waals surface area (Å²) in [4.78, 5) is 26.0. The van der Waals surface area contributed by atoms with E-state index in [1.807, 2.05) is 4.90 Å². The van der Waals surface area contributed by atoms with Gasteiger partial charge in [0.15, 0.2) is 0 Å². The van der Waals surface area contributed by atoms with Crippen molar-refractivity contribution < 1.29 is 9.59 Å². The third-order valence-corrected chi connectivity index (χ3v) is 5.23. The zero-order chi connectivity index (χ0) is 17.5. The molecule has 1 aliphatic rings. The van der Waals surface area contributed by atoms with Crippen LogP contribution in [-0.2, 0) is 4.79 Å². The number of nitrogens with one attached hydrogen (secondary N) is 1. The van der Waals surface area contributed by atoms with Gasteiger partial charge >= 0.3 is 0 Å². The van der Waals surface area contributed by atoms with E-state index in [0.29, 0.717) is 34.7 Å². The van der Waals surface area contributed by atoms with Crippen LogP contribution in [0.25, 0.3) is 0 Å². The Morgan fingerprint density at radius 3 is 2.38 bits per heavy atom. The molecular formula is C18H24Cl2N2O2. The van der Waals surface area contributed by atoms with Gasteiger partial charge in [-0.05, 0) is 31.0 Å². The first-order chi connectivity index (χ1) is 11.5. The molecule has 0 atom stereocenters. The van der Waals surface area contributed by atoms with Crippen molar-refractivity contribution in [1.82, 2.24) is 10.2 Å². The van der Waals surface area contributed by atoms with Crippen LogP contribution in [0.3, 0.4) is 0 Å². The van der Waals surface area contributed by atoms with Gasteiger partial charge in [0, 0.05) is 31.6 Å². The SMILES string of the molecule is CC(=O)N(CCNC(=O)c1ccc(Cl)c(Cl)c1)C1CCCCCC1. The normalized spacial score (nSPS) is 15.6. The van der Waals surface area contributed by atoms with Crippen molar-refractivity contribution in [1.29, 1.82) is 0 Å². The summed E-state index contributed by atoms with van der Waals surface area (Å²) in [5, 5.41) is 3.63. The predicted octanol–water partition coefficient (Wildman–Crippen LogP) is 4.29. The maximum Gasteiger partial charge on any atom is 0.251 e. The number of hydrogen-bond acceptors (Lipinski definition) is 2. The van der Waals surface area contributed by atoms with E-state index in [2.05, 4.69) is 5.32 Å². The second kappa shape index (κ2) is 9.28. The standard InChI is InChI=1S/C18H24Cl2N2O2/c1-13(23)22(15-6-4-2-3-5-7-15)11-10-21-18(24)14-8-9-16(19)17(20)12-14/h8-9,12,15H,2-7,10-11H2,1H3,(H,21,24). The van der Waals surface area contributed by atoms with E-state index in [4.69, 9.17) is 23.2 Å². The molecule has 6 heteroatoms. The molecule has 132 valence electrons. The van der Waals surface area contributed by atoms with Crippen molar-refractivity contribution in [3.63, 3.8) is 0 Å². The minimum Gasteiger partial charge on any atom is -0.350 e. The first-order valence-electron chi connectivity index (χ1n) is 8.49. The predicted molar refractivity (Wildman–Crippen MR) is 97.7 cm³/mol. The molecule has 1 fully saturated rings. The number of rotatable bonds is 5. The summed E-state index contributed by atoms with van der Waals surface area (Å²) in [6.45, 7) is 2.56. The Bertz CT molecular complexity index is 584. The topological polar surface area (TPSA) is 49.4 Å². The quantitative estimate of drug-likeness (QED) is 0.785. The van der Waals surface area contributed by atoms with Crippen molar-refractivity contribution >= 4 is 35.0 Å². The Hall–Kier alpha value is -1.26. The van der Waals surface area contributed by atoms with E-state index in [-0.39, 0.29) is 11.8 Å². The molecule has 0 bridgehead atoms. The van der Waals surface area contributed by atoms with Crippen LogP contribution in [0.1, 0.15) is 55.8 Å². The summed E-state index contributed by atoms with van der Waals surface area (Å²) < 4.78 is 0. The van der Waals surface area contributed by atoms with Gasteiger partial charge in [-0.1, -0.05) is 48.9 Å². The highest BCUT2D eigenvalue weighted by Gasteiger charge is 2.22. The number of carbonyl (C=O) groups excluding carboxylic acids is 2. The van der Waals surface area contributed by atoms with E-state index in [9.17, 15) is 9.59 Å². The maximum absolute atomic E-state index is 12.2. The van der Waals surface area contributed by atoms with E-state index in [1.165, 1.54) is 25.7 Å². The highest BCUT2D eigenvalue weighted by Crippen LogP contribution is 2.23. The fraction of sp³-hybridized carbons (Fsp3) is 0.556. The number of benzene rings is 1. The molecule has 0 aromatic heterocycles. The van der Waals surface area contributed by atoms with Gasteiger partial charge in [-0.3, -0.25) is 9.59 Å². The van der Waals surface area contributed by atoms with Crippen LogP contribution in [0.4, 0.5) is 0 Å². The minimum absolute atomic E-state index is 0.0747. The van der Waals surface area contributed by atoms with Crippen LogP contribution >= 0.6 is 23.2 Å². The van der Waals surface area contributed by atoms with E-state index < -0.39 is 0 Å². The largest absolute Gasteiger partial charge is 0.350 e. The first kappa shape index (κ1) is 19.1. The monoisotopic (exact) mass is 370 g/mol. The van der Waals surface area contributed by atoms with Gasteiger partial charge < -0.3 is 10.2 Å². The van der Waals surface area contributed by atoms with Crippen molar-refractivity contribution in [3.8, 4) is 0 Å². The van der Waals surface area contributed by atoms with Crippen LogP contribution in [0.15, 0.2) is 18.2 Å². The molecule has 1 N–H and O–H groups in total. The third kappa shape index (κ3) is 5.38. The molecule has 4 nitrogen and oxygen atoms in total. The summed E-state index contributed by atoms with van der Waals surface area (Å²) in [7, 11) is 0. The highest BCUT2D eigenvalue weighted by atomic mass is 35.5. The maximum atomic E-state index is 12.2. The number of halogens is 2. The second-order valence-corrected chi connectivity index (χ2v) is 7.06. The summed E-state index contributed by atoms with van der Waals surface area (Å²) >= 11 is 11.8. The molecule has 1 aromatic carbocycles. The van der Waals surface area contributed by atoms with E-state index >= 15 is 0 Å². The van der Waals surface area contributed by atoms with Crippen molar-refractivity contribution in [3.05, 3.63) is 33.8 Å². The van der Waals surface area contributed by atoms with Gasteiger partial charge in [-0.2, -0.15) is 0 Å². The summed E-state index contributed by atoms with van der Waals surface area (Å²) in [6, 6.07) is 5.09. The van der Waals surface area contributed by atoms with E-state index in [1.54, 1.807) is 25.1 Å². The lowest BCUT2D eigenvalue weighted by Gasteiger charge is -2.30. The Kier molecular flexibility index (Phi) is 7.38. The van der Waals surface area contributed by atoms with Crippen LogP contribution in [0, 0.1) is 0 Å². The van der Waals surface area contributed by atoms with Crippen LogP contribution in [0.5, 0.6) is 0 Å². The summed E-state index contributed by atoms with van der Waals surface area (Å²) in [5.41, 5.74) is 0.466. The molecule has 2 amide bonds. The van der Waals surface area contributed by atoms with Crippen LogP contribution in [0.2, 0.25) is 10.0 Å². The lowest BCUT2D eigenvalue weighted by molar-refractivity contribution is -0.131. The molecule has 1 saturated carbocycles. The van der Waals surface area contributed by atoms with Crippen LogP contribution in [-0.4, -0.2) is 35.8 Å². The Morgan fingerprint density at radius 1 is 1.12 bits per heavy atom. The zero-order valence-corrected chi connectivity index (χ0v) is 15.5. The van der Waals surface area contributed by atoms with Crippen LogP contribution < -0.4 is 5.32 Å². The van der Waals surface area contributed by atoms with Crippen molar-refractivity contribution in [2.75, 3.05) is 13.1 Å². The Balaban J connectivity index is 1.88. The van der Waals surface area contributed by atoms with Gasteiger partial charge in [-0.25, -0.2) is 0 Å². The average molecular weight is 371 g/mol. The fourth-order valence-electron chi connectivity index (χ4n) is 3.20. The van der Waals surface area contributed by atoms with Gasteiger partial charge in [0.1, 0.15) is 0 Å². The molecule has 0 unspecified atom stereocenters. The molecule has 1 aliphatic carbocycles. The molecular weight excluding hydrogens is 347 g/mol. The number of carbonyl (C=O) groups is 2. The number of amides is 2. The van der Waals surface area contributed by atoms with Gasteiger partial charge in [0.2, 0.25) is 5.91 Å². The third-order valence-electron chi connectivity index (χ3n) is 4.49. The van der Waals surface area contributed by atoms with Gasteiger partial charge in [-0.15, -0.1) is 0 Å². The van der Waals surface area contributed by atoms with Gasteiger partial charge in [0.25, 0.3) is 5.91 Å². The molecule has 2 rings (SSSR count). The molecule has 0 radical (unpaired) electrons. The molecule has 0 heterocycles. The highest BCUT2D eigenvalue weighted by molar-refractivity contribution is 6.42. The molecule has 1 aromatic rings. The lowest BCUT2D eigenvalue weighted by Crippen LogP contribution is -2.43. The molecule has 0 saturated heterocycles. The smallest absolute Gasteiger partial charge is 0.251 e. The number of nitrogens with zero attached hydrogens (tertiary/aromatic N) is 1. The summed E-state index contributed by atoms with van der Waals surface area (Å²) in [6.07, 6.45) is 6.95. The first-order valence-corrected chi connectivity index (χ1v) is 9.25. The Morgan fingerprint density at radius 2 is 1.79 bits per heavy atom. The van der Waals surface area contributed by atoms with Crippen molar-refractivity contribution in [2.45, 2.75) is 51.5 Å². The average Bonchev–Trinajstić information content (AvgIpc) is 2.82. The molecule has 0 spiro atoms. The fourth-order valence-corrected chi connectivity index (χ4v) is 3.49. The second-order valence-electron chi connectivity index (χ2n) is 6.24. The van der Waals surface area contributed by atoms with Gasteiger partial charge in [0.05, 0.1) is 10.0 Å². The molecule has 24 heavy (non-hydrogen) atoms. The minimum atomic E-state index is -0.210. The zero-order valence-electron chi connectivity index (χ0n) is 14.0.